The van der Waals surface area contributed by atoms with Gasteiger partial charge in [0.2, 0.25) is 5.56 Å². The van der Waals surface area contributed by atoms with E-state index in [1.54, 1.807) is 6.07 Å². The molecule has 0 saturated carbocycles. The van der Waals surface area contributed by atoms with Crippen LogP contribution in [0.5, 0.6) is 5.75 Å². The van der Waals surface area contributed by atoms with E-state index in [9.17, 15) is 4.79 Å². The standard InChI is InChI=1S/C16H13NO2.CH4/c18-15-10-9-13-7-4-8-14(16(13)17-15)19-11-12-5-2-1-3-6-12;/h1-10H,11H2,(H,17,18);1H4. The van der Waals surface area contributed by atoms with Crippen LogP contribution in [0.2, 0.25) is 0 Å². The van der Waals surface area contributed by atoms with Crippen LogP contribution >= 0.6 is 0 Å². The normalized spacial score (nSPS) is 10.0. The molecule has 0 aliphatic heterocycles. The lowest BCUT2D eigenvalue weighted by atomic mass is 10.2. The van der Waals surface area contributed by atoms with Gasteiger partial charge in [0.15, 0.2) is 0 Å². The van der Waals surface area contributed by atoms with Crippen molar-refractivity contribution in [1.29, 1.82) is 0 Å². The maximum Gasteiger partial charge on any atom is 0.248 e. The summed E-state index contributed by atoms with van der Waals surface area (Å²) in [5.41, 5.74) is 1.71. The Bertz CT molecular complexity index is 748. The zero-order chi connectivity index (χ0) is 13.1. The lowest BCUT2D eigenvalue weighted by Crippen LogP contribution is -2.04. The van der Waals surface area contributed by atoms with E-state index in [1.165, 1.54) is 6.07 Å². The smallest absolute Gasteiger partial charge is 0.248 e. The maximum atomic E-state index is 11.4. The van der Waals surface area contributed by atoms with Gasteiger partial charge in [-0.25, -0.2) is 0 Å². The van der Waals surface area contributed by atoms with Gasteiger partial charge in [0.25, 0.3) is 0 Å². The second kappa shape index (κ2) is 6.06. The van der Waals surface area contributed by atoms with Crippen LogP contribution in [0.1, 0.15) is 13.0 Å². The molecule has 0 unspecified atom stereocenters. The first-order chi connectivity index (χ1) is 9.33. The Kier molecular flexibility index (Phi) is 4.20. The third-order valence-electron chi connectivity index (χ3n) is 2.96. The summed E-state index contributed by atoms with van der Waals surface area (Å²) < 4.78 is 5.79. The molecule has 3 rings (SSSR count). The molecule has 1 heterocycles. The Hall–Kier alpha value is -2.55. The molecular weight excluding hydrogens is 250 g/mol. The van der Waals surface area contributed by atoms with Crippen molar-refractivity contribution in [2.75, 3.05) is 0 Å². The fraction of sp³-hybridized carbons (Fsp3) is 0.118. The molecule has 3 aromatic rings. The minimum absolute atomic E-state index is 0. The fourth-order valence-electron chi connectivity index (χ4n) is 2.01. The van der Waals surface area contributed by atoms with Crippen LogP contribution in [0.4, 0.5) is 0 Å². The lowest BCUT2D eigenvalue weighted by molar-refractivity contribution is 0.309. The van der Waals surface area contributed by atoms with Gasteiger partial charge in [0.1, 0.15) is 12.4 Å². The Balaban J connectivity index is 0.00000147. The number of hydrogen-bond acceptors (Lipinski definition) is 2. The molecule has 0 bridgehead atoms. The quantitative estimate of drug-likeness (QED) is 0.785. The Labute approximate surface area is 117 Å². The second-order valence-electron chi connectivity index (χ2n) is 4.32. The summed E-state index contributed by atoms with van der Waals surface area (Å²) >= 11 is 0. The number of para-hydroxylation sites is 1. The maximum absolute atomic E-state index is 11.4. The average Bonchev–Trinajstić information content (AvgIpc) is 2.46. The third kappa shape index (κ3) is 2.88. The molecule has 0 saturated heterocycles. The molecule has 1 aromatic heterocycles. The van der Waals surface area contributed by atoms with Crippen molar-refractivity contribution >= 4 is 10.9 Å². The predicted molar refractivity (Wildman–Crippen MR) is 82.1 cm³/mol. The Morgan fingerprint density at radius 2 is 1.70 bits per heavy atom. The highest BCUT2D eigenvalue weighted by molar-refractivity contribution is 5.84. The molecule has 3 nitrogen and oxygen atoms in total. The van der Waals surface area contributed by atoms with Crippen molar-refractivity contribution in [3.05, 3.63) is 76.6 Å². The van der Waals surface area contributed by atoms with Crippen molar-refractivity contribution in [1.82, 2.24) is 4.98 Å². The van der Waals surface area contributed by atoms with Gasteiger partial charge in [0, 0.05) is 11.5 Å². The van der Waals surface area contributed by atoms with Crippen molar-refractivity contribution < 1.29 is 4.74 Å². The van der Waals surface area contributed by atoms with Crippen LogP contribution in [0.25, 0.3) is 10.9 Å². The first-order valence-corrected chi connectivity index (χ1v) is 6.12. The van der Waals surface area contributed by atoms with E-state index >= 15 is 0 Å². The molecule has 0 amide bonds. The first-order valence-electron chi connectivity index (χ1n) is 6.12. The molecular formula is C17H17NO2. The van der Waals surface area contributed by atoms with Crippen LogP contribution in [0.3, 0.4) is 0 Å². The Morgan fingerprint density at radius 3 is 2.50 bits per heavy atom. The van der Waals surface area contributed by atoms with Gasteiger partial charge in [0.05, 0.1) is 5.52 Å². The van der Waals surface area contributed by atoms with Crippen LogP contribution in [-0.4, -0.2) is 4.98 Å². The van der Waals surface area contributed by atoms with Crippen LogP contribution in [-0.2, 0) is 6.61 Å². The number of nitrogens with one attached hydrogen (secondary N) is 1. The summed E-state index contributed by atoms with van der Waals surface area (Å²) in [5, 5.41) is 0.963. The molecule has 0 aliphatic carbocycles. The topological polar surface area (TPSA) is 42.1 Å². The van der Waals surface area contributed by atoms with Crippen molar-refractivity contribution in [3.63, 3.8) is 0 Å². The first kappa shape index (κ1) is 13.9. The number of benzene rings is 2. The van der Waals surface area contributed by atoms with Gasteiger partial charge in [-0.05, 0) is 17.7 Å². The van der Waals surface area contributed by atoms with Gasteiger partial charge < -0.3 is 9.72 Å². The van der Waals surface area contributed by atoms with Gasteiger partial charge in [-0.3, -0.25) is 4.79 Å². The molecule has 0 fully saturated rings. The van der Waals surface area contributed by atoms with E-state index in [2.05, 4.69) is 4.98 Å². The molecule has 102 valence electrons. The van der Waals surface area contributed by atoms with Gasteiger partial charge >= 0.3 is 0 Å². The van der Waals surface area contributed by atoms with Gasteiger partial charge in [-0.1, -0.05) is 49.9 Å². The SMILES string of the molecule is C.O=c1ccc2cccc(OCc3ccccc3)c2[nH]1. The molecule has 20 heavy (non-hydrogen) atoms. The third-order valence-corrected chi connectivity index (χ3v) is 2.96. The number of aromatic nitrogens is 1. The minimum atomic E-state index is -0.122. The number of H-pyrrole nitrogens is 1. The van der Waals surface area contributed by atoms with Crippen molar-refractivity contribution in [3.8, 4) is 5.75 Å². The van der Waals surface area contributed by atoms with E-state index in [-0.39, 0.29) is 13.0 Å². The zero-order valence-corrected chi connectivity index (χ0v) is 10.3. The lowest BCUT2D eigenvalue weighted by Gasteiger charge is -2.08. The van der Waals surface area contributed by atoms with E-state index in [1.807, 2.05) is 48.5 Å². The number of pyridine rings is 1. The molecule has 0 atom stereocenters. The highest BCUT2D eigenvalue weighted by atomic mass is 16.5. The largest absolute Gasteiger partial charge is 0.487 e. The molecule has 0 spiro atoms. The summed E-state index contributed by atoms with van der Waals surface area (Å²) in [6.45, 7) is 0.483. The van der Waals surface area contributed by atoms with Gasteiger partial charge in [-0.15, -0.1) is 0 Å². The van der Waals surface area contributed by atoms with Crippen molar-refractivity contribution in [2.45, 2.75) is 14.0 Å². The molecule has 2 aromatic carbocycles. The summed E-state index contributed by atoms with van der Waals surface area (Å²) in [7, 11) is 0. The molecule has 3 heteroatoms. The average molecular weight is 267 g/mol. The number of aromatic amines is 1. The monoisotopic (exact) mass is 267 g/mol. The predicted octanol–water partition coefficient (Wildman–Crippen LogP) is 3.74. The van der Waals surface area contributed by atoms with E-state index < -0.39 is 0 Å². The van der Waals surface area contributed by atoms with E-state index in [0.29, 0.717) is 12.4 Å². The number of hydrogen-bond donors (Lipinski definition) is 1. The van der Waals surface area contributed by atoms with Crippen LogP contribution in [0, 0.1) is 0 Å². The fourth-order valence-corrected chi connectivity index (χ4v) is 2.01. The van der Waals surface area contributed by atoms with Crippen molar-refractivity contribution in [2.24, 2.45) is 0 Å². The molecule has 1 N–H and O–H groups in total. The molecule has 0 aliphatic rings. The van der Waals surface area contributed by atoms with Crippen LogP contribution < -0.4 is 10.3 Å². The number of ether oxygens (including phenoxy) is 1. The highest BCUT2D eigenvalue weighted by Gasteiger charge is 2.03. The number of fused-ring (bicyclic) bond motifs is 1. The summed E-state index contributed by atoms with van der Waals surface area (Å²) in [6.07, 6.45) is 0. The summed E-state index contributed by atoms with van der Waals surface area (Å²) in [6, 6.07) is 19.0. The molecule has 0 radical (unpaired) electrons. The number of rotatable bonds is 3. The van der Waals surface area contributed by atoms with E-state index in [4.69, 9.17) is 4.74 Å². The second-order valence-corrected chi connectivity index (χ2v) is 4.32. The van der Waals surface area contributed by atoms with Crippen LogP contribution in [0.15, 0.2) is 65.5 Å². The highest BCUT2D eigenvalue weighted by Crippen LogP contribution is 2.22. The van der Waals surface area contributed by atoms with E-state index in [0.717, 1.165) is 16.5 Å². The van der Waals surface area contributed by atoms with Gasteiger partial charge in [-0.2, -0.15) is 0 Å². The minimum Gasteiger partial charge on any atom is -0.487 e. The summed E-state index contributed by atoms with van der Waals surface area (Å²) in [4.78, 5) is 14.2. The Morgan fingerprint density at radius 1 is 0.900 bits per heavy atom. The zero-order valence-electron chi connectivity index (χ0n) is 10.3. The summed E-state index contributed by atoms with van der Waals surface area (Å²) in [5.74, 6) is 0.694.